The molecule has 0 amide bonds. The van der Waals surface area contributed by atoms with E-state index in [2.05, 4.69) is 0 Å². The van der Waals surface area contributed by atoms with E-state index in [0.29, 0.717) is 11.4 Å². The van der Waals surface area contributed by atoms with Gasteiger partial charge in [0, 0.05) is 11.3 Å². The van der Waals surface area contributed by atoms with Gasteiger partial charge in [-0.2, -0.15) is 0 Å². The summed E-state index contributed by atoms with van der Waals surface area (Å²) in [7, 11) is 0. The van der Waals surface area contributed by atoms with Crippen molar-refractivity contribution in [3.8, 4) is 11.3 Å². The third-order valence-corrected chi connectivity index (χ3v) is 2.46. The van der Waals surface area contributed by atoms with Crippen molar-refractivity contribution in [2.75, 3.05) is 5.73 Å². The molecule has 3 N–H and O–H groups in total. The second-order valence-electron chi connectivity index (χ2n) is 3.49. The van der Waals surface area contributed by atoms with Crippen LogP contribution in [0.2, 0.25) is 0 Å². The number of nitrogens with two attached hydrogens (primary N) is 1. The van der Waals surface area contributed by atoms with E-state index in [-0.39, 0.29) is 5.76 Å². The Bertz CT molecular complexity index is 543. The predicted molar refractivity (Wildman–Crippen MR) is 60.3 cm³/mol. The normalized spacial score (nSPS) is 10.3. The number of hydrogen-bond donors (Lipinski definition) is 2. The van der Waals surface area contributed by atoms with Gasteiger partial charge < -0.3 is 15.3 Å². The van der Waals surface area contributed by atoms with Crippen LogP contribution in [0, 0.1) is 6.92 Å². The lowest BCUT2D eigenvalue weighted by Gasteiger charge is -2.04. The third-order valence-electron chi connectivity index (χ3n) is 2.46. The highest BCUT2D eigenvalue weighted by molar-refractivity contribution is 5.85. The van der Waals surface area contributed by atoms with Crippen LogP contribution in [0.4, 0.5) is 5.69 Å². The molecule has 0 aliphatic heterocycles. The monoisotopic (exact) mass is 217 g/mol. The number of rotatable bonds is 2. The standard InChI is InChI=1S/C12H11NO3/c1-7-8(3-2-4-9(7)13)10-5-6-11(16-10)12(14)15/h2-6H,13H2,1H3,(H,14,15). The number of carboxylic acids is 1. The molecule has 2 aromatic rings. The first-order chi connectivity index (χ1) is 7.59. The molecule has 1 aromatic heterocycles. The zero-order valence-corrected chi connectivity index (χ0v) is 8.73. The zero-order chi connectivity index (χ0) is 11.7. The maximum absolute atomic E-state index is 10.7. The van der Waals surface area contributed by atoms with Crippen LogP contribution in [0.25, 0.3) is 11.3 Å². The molecule has 0 unspecified atom stereocenters. The molecule has 16 heavy (non-hydrogen) atoms. The first-order valence-corrected chi connectivity index (χ1v) is 4.78. The Morgan fingerprint density at radius 1 is 1.31 bits per heavy atom. The highest BCUT2D eigenvalue weighted by Gasteiger charge is 2.12. The number of hydrogen-bond acceptors (Lipinski definition) is 3. The van der Waals surface area contributed by atoms with Crippen LogP contribution >= 0.6 is 0 Å². The molecule has 0 fully saturated rings. The topological polar surface area (TPSA) is 76.5 Å². The fraction of sp³-hybridized carbons (Fsp3) is 0.0833. The van der Waals surface area contributed by atoms with Crippen molar-refractivity contribution in [3.05, 3.63) is 41.7 Å². The Hall–Kier alpha value is -2.23. The molecule has 1 heterocycles. The molecule has 0 spiro atoms. The molecule has 0 atom stereocenters. The van der Waals surface area contributed by atoms with Crippen molar-refractivity contribution < 1.29 is 14.3 Å². The van der Waals surface area contributed by atoms with Crippen molar-refractivity contribution in [2.24, 2.45) is 0 Å². The number of furan rings is 1. The summed E-state index contributed by atoms with van der Waals surface area (Å²) in [5, 5.41) is 8.75. The quantitative estimate of drug-likeness (QED) is 0.758. The second kappa shape index (κ2) is 3.73. The Kier molecular flexibility index (Phi) is 2.40. The van der Waals surface area contributed by atoms with E-state index in [1.807, 2.05) is 13.0 Å². The van der Waals surface area contributed by atoms with Crippen LogP contribution in [0.5, 0.6) is 0 Å². The summed E-state index contributed by atoms with van der Waals surface area (Å²) in [5.74, 6) is -0.633. The van der Waals surface area contributed by atoms with E-state index >= 15 is 0 Å². The van der Waals surface area contributed by atoms with Gasteiger partial charge in [0.15, 0.2) is 0 Å². The first kappa shape index (κ1) is 10.3. The van der Waals surface area contributed by atoms with Gasteiger partial charge in [-0.25, -0.2) is 4.79 Å². The summed E-state index contributed by atoms with van der Waals surface area (Å²) in [6, 6.07) is 8.50. The summed E-state index contributed by atoms with van der Waals surface area (Å²) in [5.41, 5.74) is 8.12. The Morgan fingerprint density at radius 3 is 2.69 bits per heavy atom. The smallest absolute Gasteiger partial charge is 0.371 e. The van der Waals surface area contributed by atoms with Gasteiger partial charge in [-0.05, 0) is 30.7 Å². The van der Waals surface area contributed by atoms with Crippen LogP contribution in [-0.4, -0.2) is 11.1 Å². The highest BCUT2D eigenvalue weighted by atomic mass is 16.4. The number of aromatic carboxylic acids is 1. The van der Waals surface area contributed by atoms with E-state index in [1.54, 1.807) is 18.2 Å². The molecule has 0 aliphatic rings. The van der Waals surface area contributed by atoms with Crippen LogP contribution in [0.3, 0.4) is 0 Å². The average Bonchev–Trinajstić information content (AvgIpc) is 2.71. The molecule has 1 aromatic carbocycles. The molecule has 0 bridgehead atoms. The first-order valence-electron chi connectivity index (χ1n) is 4.78. The molecule has 2 rings (SSSR count). The van der Waals surface area contributed by atoms with Crippen molar-refractivity contribution in [3.63, 3.8) is 0 Å². The van der Waals surface area contributed by atoms with Gasteiger partial charge in [0.1, 0.15) is 5.76 Å². The molecular formula is C12H11NO3. The summed E-state index contributed by atoms with van der Waals surface area (Å²) in [4.78, 5) is 10.7. The van der Waals surface area contributed by atoms with Gasteiger partial charge in [0.25, 0.3) is 0 Å². The molecular weight excluding hydrogens is 206 g/mol. The molecule has 4 heteroatoms. The van der Waals surface area contributed by atoms with Crippen molar-refractivity contribution in [2.45, 2.75) is 6.92 Å². The minimum atomic E-state index is -1.08. The molecule has 0 aliphatic carbocycles. The van der Waals surface area contributed by atoms with Gasteiger partial charge in [-0.3, -0.25) is 0 Å². The maximum atomic E-state index is 10.7. The van der Waals surface area contributed by atoms with Gasteiger partial charge in [0.2, 0.25) is 5.76 Å². The summed E-state index contributed by atoms with van der Waals surface area (Å²) >= 11 is 0. The zero-order valence-electron chi connectivity index (χ0n) is 8.73. The van der Waals surface area contributed by atoms with Crippen molar-refractivity contribution in [1.29, 1.82) is 0 Å². The van der Waals surface area contributed by atoms with Gasteiger partial charge in [-0.15, -0.1) is 0 Å². The summed E-state index contributed by atoms with van der Waals surface area (Å²) < 4.78 is 5.21. The average molecular weight is 217 g/mol. The number of carboxylic acid groups (broad SMARTS) is 1. The Morgan fingerprint density at radius 2 is 2.06 bits per heavy atom. The third kappa shape index (κ3) is 1.65. The SMILES string of the molecule is Cc1c(N)cccc1-c1ccc(C(=O)O)o1. The molecule has 4 nitrogen and oxygen atoms in total. The van der Waals surface area contributed by atoms with Gasteiger partial charge >= 0.3 is 5.97 Å². The lowest BCUT2D eigenvalue weighted by atomic mass is 10.1. The number of benzene rings is 1. The summed E-state index contributed by atoms with van der Waals surface area (Å²) in [6.45, 7) is 1.87. The minimum absolute atomic E-state index is 0.0724. The van der Waals surface area contributed by atoms with Crippen LogP contribution in [0.1, 0.15) is 16.1 Å². The molecule has 0 saturated carbocycles. The lowest BCUT2D eigenvalue weighted by Crippen LogP contribution is -1.92. The van der Waals surface area contributed by atoms with Crippen molar-refractivity contribution in [1.82, 2.24) is 0 Å². The van der Waals surface area contributed by atoms with Gasteiger partial charge in [0.05, 0.1) is 0 Å². The van der Waals surface area contributed by atoms with E-state index in [0.717, 1.165) is 11.1 Å². The second-order valence-corrected chi connectivity index (χ2v) is 3.49. The van der Waals surface area contributed by atoms with Crippen LogP contribution in [-0.2, 0) is 0 Å². The number of anilines is 1. The van der Waals surface area contributed by atoms with E-state index in [9.17, 15) is 4.79 Å². The van der Waals surface area contributed by atoms with E-state index in [1.165, 1.54) is 6.07 Å². The lowest BCUT2D eigenvalue weighted by molar-refractivity contribution is 0.0663. The molecule has 0 saturated heterocycles. The predicted octanol–water partition coefficient (Wildman–Crippen LogP) is 2.54. The van der Waals surface area contributed by atoms with E-state index < -0.39 is 5.97 Å². The maximum Gasteiger partial charge on any atom is 0.371 e. The molecule has 0 radical (unpaired) electrons. The number of nitrogen functional groups attached to an aromatic ring is 1. The number of carbonyl (C=O) groups is 1. The van der Waals surface area contributed by atoms with E-state index in [4.69, 9.17) is 15.3 Å². The highest BCUT2D eigenvalue weighted by Crippen LogP contribution is 2.28. The minimum Gasteiger partial charge on any atom is -0.475 e. The van der Waals surface area contributed by atoms with Gasteiger partial charge in [-0.1, -0.05) is 12.1 Å². The summed E-state index contributed by atoms with van der Waals surface area (Å²) in [6.07, 6.45) is 0. The van der Waals surface area contributed by atoms with Crippen molar-refractivity contribution >= 4 is 11.7 Å². The fourth-order valence-electron chi connectivity index (χ4n) is 1.52. The van der Waals surface area contributed by atoms with Crippen LogP contribution < -0.4 is 5.73 Å². The Labute approximate surface area is 92.3 Å². The fourth-order valence-corrected chi connectivity index (χ4v) is 1.52. The largest absolute Gasteiger partial charge is 0.475 e. The molecule has 82 valence electrons. The van der Waals surface area contributed by atoms with Crippen LogP contribution in [0.15, 0.2) is 34.7 Å². The Balaban J connectivity index is 2.50.